The van der Waals surface area contributed by atoms with E-state index in [1.807, 2.05) is 0 Å². The SMILES string of the molecule is CC(C)(C)OC(=O)CN(C[C@@H]1CCCN1)C(=O)OCOP(=O)(OC(C)(C)C)OC(C)(C)C. The van der Waals surface area contributed by atoms with E-state index in [1.165, 1.54) is 4.90 Å². The quantitative estimate of drug-likeness (QED) is 0.294. The van der Waals surface area contributed by atoms with Crippen LogP contribution < -0.4 is 5.32 Å². The van der Waals surface area contributed by atoms with Crippen LogP contribution in [-0.4, -0.2) is 66.2 Å². The van der Waals surface area contributed by atoms with E-state index in [0.717, 1.165) is 19.4 Å². The minimum Gasteiger partial charge on any atom is -0.459 e. The number of phosphoric ester groups is 1. The van der Waals surface area contributed by atoms with Gasteiger partial charge in [0.05, 0.1) is 11.2 Å². The fraction of sp³-hybridized carbons (Fsp3) is 0.905. The van der Waals surface area contributed by atoms with E-state index in [9.17, 15) is 14.2 Å². The molecule has 1 atom stereocenters. The van der Waals surface area contributed by atoms with E-state index >= 15 is 0 Å². The third-order valence-corrected chi connectivity index (χ3v) is 5.73. The summed E-state index contributed by atoms with van der Waals surface area (Å²) >= 11 is 0. The molecule has 1 aliphatic heterocycles. The van der Waals surface area contributed by atoms with Crippen LogP contribution in [0.15, 0.2) is 0 Å². The van der Waals surface area contributed by atoms with Crippen molar-refractivity contribution in [2.45, 2.75) is 98.0 Å². The minimum absolute atomic E-state index is 0.0467. The van der Waals surface area contributed by atoms with Gasteiger partial charge in [0.25, 0.3) is 0 Å². The molecule has 0 saturated carbocycles. The molecule has 0 aromatic rings. The standard InChI is InChI=1S/C21H41N2O8P/c1-19(2,3)29-17(24)14-23(13-16-11-10-12-22-16)18(25)27-15-28-32(26,30-20(4,5)6)31-21(7,8)9/h16,22H,10-15H2,1-9H3/t16-/m0/s1. The van der Waals surface area contributed by atoms with Gasteiger partial charge in [-0.15, -0.1) is 0 Å². The van der Waals surface area contributed by atoms with Crippen molar-refractivity contribution in [3.05, 3.63) is 0 Å². The van der Waals surface area contributed by atoms with Crippen molar-refractivity contribution in [2.75, 3.05) is 26.4 Å². The van der Waals surface area contributed by atoms with Crippen LogP contribution in [0.5, 0.6) is 0 Å². The summed E-state index contributed by atoms with van der Waals surface area (Å²) in [4.78, 5) is 26.2. The summed E-state index contributed by atoms with van der Waals surface area (Å²) in [6, 6.07) is 0.0467. The molecule has 0 bridgehead atoms. The fourth-order valence-electron chi connectivity index (χ4n) is 2.89. The first-order valence-corrected chi connectivity index (χ1v) is 12.4. The molecule has 11 heteroatoms. The lowest BCUT2D eigenvalue weighted by Gasteiger charge is -2.31. The Morgan fingerprint density at radius 1 is 0.969 bits per heavy atom. The molecule has 1 amide bonds. The van der Waals surface area contributed by atoms with Gasteiger partial charge in [-0.3, -0.25) is 18.7 Å². The maximum atomic E-state index is 13.1. The number of nitrogens with one attached hydrogen (secondary N) is 1. The van der Waals surface area contributed by atoms with Crippen molar-refractivity contribution >= 4 is 19.9 Å². The van der Waals surface area contributed by atoms with E-state index < -0.39 is 43.5 Å². The predicted octanol–water partition coefficient (Wildman–Crippen LogP) is 4.23. The molecule has 1 saturated heterocycles. The largest absolute Gasteiger partial charge is 0.478 e. The molecule has 1 rings (SSSR count). The van der Waals surface area contributed by atoms with E-state index in [-0.39, 0.29) is 19.1 Å². The summed E-state index contributed by atoms with van der Waals surface area (Å²) in [6.45, 7) is 15.7. The molecule has 0 unspecified atom stereocenters. The topological polar surface area (TPSA) is 113 Å². The number of amides is 1. The first-order chi connectivity index (χ1) is 14.4. The second-order valence-corrected chi connectivity index (χ2v) is 12.3. The number of phosphoric acid groups is 1. The van der Waals surface area contributed by atoms with Gasteiger partial charge in [-0.2, -0.15) is 0 Å². The predicted molar refractivity (Wildman–Crippen MR) is 120 cm³/mol. The normalized spacial score (nSPS) is 17.8. The zero-order chi connectivity index (χ0) is 24.8. The molecule has 1 N–H and O–H groups in total. The molecule has 1 fully saturated rings. The Morgan fingerprint density at radius 3 is 1.97 bits per heavy atom. The zero-order valence-electron chi connectivity index (χ0n) is 21.0. The van der Waals surface area contributed by atoms with Crippen LogP contribution in [-0.2, 0) is 32.4 Å². The summed E-state index contributed by atoms with van der Waals surface area (Å²) in [7, 11) is -4.03. The van der Waals surface area contributed by atoms with E-state index in [0.29, 0.717) is 0 Å². The smallest absolute Gasteiger partial charge is 0.459 e. The van der Waals surface area contributed by atoms with Gasteiger partial charge in [0.15, 0.2) is 0 Å². The lowest BCUT2D eigenvalue weighted by atomic mass is 10.2. The summed E-state index contributed by atoms with van der Waals surface area (Å²) in [5.41, 5.74) is -2.31. The van der Waals surface area contributed by atoms with Crippen LogP contribution >= 0.6 is 7.82 Å². The Labute approximate surface area is 192 Å². The average molecular weight is 481 g/mol. The second kappa shape index (κ2) is 11.3. The van der Waals surface area contributed by atoms with Crippen molar-refractivity contribution in [3.63, 3.8) is 0 Å². The van der Waals surface area contributed by atoms with Crippen molar-refractivity contribution < 1.29 is 37.2 Å². The molecule has 1 heterocycles. The number of carbonyl (C=O) groups is 2. The molecule has 1 aliphatic rings. The molecule has 0 aromatic heterocycles. The molecule has 0 radical (unpaired) electrons. The van der Waals surface area contributed by atoms with Gasteiger partial charge in [-0.25, -0.2) is 13.9 Å². The molecule has 32 heavy (non-hydrogen) atoms. The average Bonchev–Trinajstić information content (AvgIpc) is 3.01. The summed E-state index contributed by atoms with van der Waals surface area (Å²) < 4.78 is 39.8. The van der Waals surface area contributed by atoms with Gasteiger partial charge in [0, 0.05) is 12.6 Å². The second-order valence-electron chi connectivity index (χ2n) is 10.8. The van der Waals surface area contributed by atoms with Gasteiger partial charge in [-0.1, -0.05) is 0 Å². The van der Waals surface area contributed by atoms with Crippen LogP contribution in [0.3, 0.4) is 0 Å². The van der Waals surface area contributed by atoms with Gasteiger partial charge in [-0.05, 0) is 81.7 Å². The van der Waals surface area contributed by atoms with E-state index in [1.54, 1.807) is 62.3 Å². The number of esters is 1. The van der Waals surface area contributed by atoms with Crippen LogP contribution in [0.1, 0.15) is 75.2 Å². The van der Waals surface area contributed by atoms with Gasteiger partial charge in [0.2, 0.25) is 6.79 Å². The lowest BCUT2D eigenvalue weighted by Crippen LogP contribution is -2.45. The third kappa shape index (κ3) is 12.7. The fourth-order valence-corrected chi connectivity index (χ4v) is 4.55. The number of hydrogen-bond acceptors (Lipinski definition) is 9. The van der Waals surface area contributed by atoms with Gasteiger partial charge in [0.1, 0.15) is 12.1 Å². The Kier molecular flexibility index (Phi) is 10.2. The lowest BCUT2D eigenvalue weighted by molar-refractivity contribution is -0.156. The first-order valence-electron chi connectivity index (χ1n) is 10.9. The summed E-state index contributed by atoms with van der Waals surface area (Å²) in [5.74, 6) is -0.550. The van der Waals surface area contributed by atoms with Crippen LogP contribution in [0, 0.1) is 0 Å². The molecule has 188 valence electrons. The van der Waals surface area contributed by atoms with E-state index in [4.69, 9.17) is 23.0 Å². The molecule has 0 aromatic carbocycles. The van der Waals surface area contributed by atoms with E-state index in [2.05, 4.69) is 5.32 Å². The third-order valence-electron chi connectivity index (χ3n) is 3.77. The minimum atomic E-state index is -4.03. The Morgan fingerprint density at radius 2 is 1.53 bits per heavy atom. The van der Waals surface area contributed by atoms with Gasteiger partial charge >= 0.3 is 19.9 Å². The first kappa shape index (κ1) is 28.8. The maximum Gasteiger partial charge on any atom is 0.478 e. The molecule has 10 nitrogen and oxygen atoms in total. The summed E-state index contributed by atoms with van der Waals surface area (Å²) in [6.07, 6.45) is 1.08. The van der Waals surface area contributed by atoms with Crippen molar-refractivity contribution in [3.8, 4) is 0 Å². The molecular formula is C21H41N2O8P. The highest BCUT2D eigenvalue weighted by Gasteiger charge is 2.38. The highest BCUT2D eigenvalue weighted by atomic mass is 31.2. The monoisotopic (exact) mass is 480 g/mol. The highest BCUT2D eigenvalue weighted by Crippen LogP contribution is 2.55. The molecule has 0 spiro atoms. The Bertz CT molecular complexity index is 653. The van der Waals surface area contributed by atoms with Crippen molar-refractivity contribution in [1.29, 1.82) is 0 Å². The number of ether oxygens (including phenoxy) is 2. The van der Waals surface area contributed by atoms with Crippen LogP contribution in [0.2, 0.25) is 0 Å². The Hall–Kier alpha value is -1.19. The molecule has 0 aliphatic carbocycles. The number of nitrogens with zero attached hydrogens (tertiary/aromatic N) is 1. The Balaban J connectivity index is 2.79. The summed E-state index contributed by atoms with van der Waals surface area (Å²) in [5, 5.41) is 3.28. The van der Waals surface area contributed by atoms with Crippen LogP contribution in [0.4, 0.5) is 4.79 Å². The van der Waals surface area contributed by atoms with Gasteiger partial charge < -0.3 is 14.8 Å². The number of carbonyl (C=O) groups excluding carboxylic acids is 2. The highest BCUT2D eigenvalue weighted by molar-refractivity contribution is 7.48. The zero-order valence-corrected chi connectivity index (χ0v) is 21.9. The number of rotatable bonds is 9. The van der Waals surface area contributed by atoms with Crippen LogP contribution in [0.25, 0.3) is 0 Å². The maximum absolute atomic E-state index is 13.1. The molecular weight excluding hydrogens is 439 g/mol. The van der Waals surface area contributed by atoms with Crippen molar-refractivity contribution in [1.82, 2.24) is 10.2 Å². The number of hydrogen-bond donors (Lipinski definition) is 1. The van der Waals surface area contributed by atoms with Crippen molar-refractivity contribution in [2.24, 2.45) is 0 Å².